The van der Waals surface area contributed by atoms with Gasteiger partial charge in [-0.1, -0.05) is 76.1 Å². The zero-order chi connectivity index (χ0) is 28.7. The van der Waals surface area contributed by atoms with Crippen LogP contribution >= 0.6 is 0 Å². The summed E-state index contributed by atoms with van der Waals surface area (Å²) < 4.78 is 6.91. The topological polar surface area (TPSA) is 90.4 Å². The molecule has 1 aromatic rings. The fourth-order valence-corrected chi connectivity index (χ4v) is 7.31. The third-order valence-electron chi connectivity index (χ3n) is 9.03. The molecule has 0 saturated carbocycles. The molecule has 0 aliphatic carbocycles. The maximum Gasteiger partial charge on any atom is 0.249 e. The van der Waals surface area contributed by atoms with Crippen LogP contribution in [0.2, 0.25) is 0 Å². The van der Waals surface area contributed by atoms with Crippen molar-refractivity contribution in [2.75, 3.05) is 31.1 Å². The molecule has 0 radical (unpaired) electrons. The number of fused-ring (bicyclic) bond motifs is 2. The first-order valence-corrected chi connectivity index (χ1v) is 14.8. The van der Waals surface area contributed by atoms with E-state index in [0.29, 0.717) is 26.1 Å². The summed E-state index contributed by atoms with van der Waals surface area (Å²) in [6, 6.07) is 7.96. The Labute approximate surface area is 237 Å². The Balaban J connectivity index is 1.62. The van der Waals surface area contributed by atoms with Crippen molar-refractivity contribution in [3.63, 3.8) is 0 Å². The number of hydrogen-bond donors (Lipinski definition) is 1. The molecule has 2 fully saturated rings. The number of aliphatic hydroxyl groups excluding tert-OH is 1. The lowest BCUT2D eigenvalue weighted by Crippen LogP contribution is -2.59. The van der Waals surface area contributed by atoms with Gasteiger partial charge in [0.2, 0.25) is 17.7 Å². The van der Waals surface area contributed by atoms with Crippen molar-refractivity contribution in [3.05, 3.63) is 54.6 Å². The maximum absolute atomic E-state index is 14.6. The van der Waals surface area contributed by atoms with E-state index in [2.05, 4.69) is 6.92 Å². The highest BCUT2D eigenvalue weighted by atomic mass is 16.5. The van der Waals surface area contributed by atoms with Gasteiger partial charge in [-0.05, 0) is 37.8 Å². The first kappa shape index (κ1) is 28.6. The smallest absolute Gasteiger partial charge is 0.249 e. The molecule has 40 heavy (non-hydrogen) atoms. The van der Waals surface area contributed by atoms with Gasteiger partial charge in [0.1, 0.15) is 11.6 Å². The molecule has 2 saturated heterocycles. The number of para-hydroxylation sites is 1. The number of amides is 3. The van der Waals surface area contributed by atoms with Gasteiger partial charge < -0.3 is 24.5 Å². The quantitative estimate of drug-likeness (QED) is 0.376. The number of nitrogens with zero attached hydrogens (tertiary/aromatic N) is 3. The Kier molecular flexibility index (Phi) is 7.94. The molecule has 0 aromatic heterocycles. The molecule has 8 nitrogen and oxygen atoms in total. The van der Waals surface area contributed by atoms with Crippen LogP contribution in [0.15, 0.2) is 54.6 Å². The summed E-state index contributed by atoms with van der Waals surface area (Å²) in [6.45, 7) is 9.18. The van der Waals surface area contributed by atoms with Gasteiger partial charge in [-0.25, -0.2) is 0 Å². The van der Waals surface area contributed by atoms with Gasteiger partial charge >= 0.3 is 0 Å². The second-order valence-electron chi connectivity index (χ2n) is 12.3. The van der Waals surface area contributed by atoms with Crippen molar-refractivity contribution < 1.29 is 24.2 Å². The minimum Gasteiger partial charge on any atom is -0.394 e. The molecule has 4 aliphatic heterocycles. The molecule has 5 rings (SSSR count). The fourth-order valence-electron chi connectivity index (χ4n) is 7.31. The van der Waals surface area contributed by atoms with E-state index < -0.39 is 35.1 Å². The lowest BCUT2D eigenvalue weighted by molar-refractivity contribution is -0.154. The van der Waals surface area contributed by atoms with E-state index in [1.54, 1.807) is 9.80 Å². The van der Waals surface area contributed by atoms with Gasteiger partial charge in [-0.3, -0.25) is 14.4 Å². The fraction of sp³-hybridized carbons (Fsp3) is 0.594. The predicted octanol–water partition coefficient (Wildman–Crippen LogP) is 3.56. The van der Waals surface area contributed by atoms with E-state index >= 15 is 0 Å². The van der Waals surface area contributed by atoms with E-state index in [9.17, 15) is 19.5 Å². The van der Waals surface area contributed by atoms with E-state index in [-0.39, 0.29) is 30.2 Å². The molecule has 1 N–H and O–H groups in total. The summed E-state index contributed by atoms with van der Waals surface area (Å²) in [5.74, 6) is -2.17. The van der Waals surface area contributed by atoms with E-state index in [0.717, 1.165) is 24.9 Å². The van der Waals surface area contributed by atoms with Gasteiger partial charge in [0.15, 0.2) is 0 Å². The first-order valence-electron chi connectivity index (χ1n) is 14.8. The molecule has 1 aromatic carbocycles. The molecular formula is C32H43N3O5. The minimum atomic E-state index is -1.31. The van der Waals surface area contributed by atoms with Crippen LogP contribution in [0.3, 0.4) is 0 Å². The number of carbonyl (C=O) groups is 3. The second-order valence-corrected chi connectivity index (χ2v) is 12.3. The summed E-state index contributed by atoms with van der Waals surface area (Å²) in [7, 11) is 0. The average molecular weight is 550 g/mol. The van der Waals surface area contributed by atoms with Crippen molar-refractivity contribution in [3.8, 4) is 0 Å². The third kappa shape index (κ3) is 4.59. The molecule has 4 heterocycles. The summed E-state index contributed by atoms with van der Waals surface area (Å²) in [5.41, 5.74) is -1.62. The molecule has 1 spiro atoms. The van der Waals surface area contributed by atoms with Crippen molar-refractivity contribution in [1.29, 1.82) is 0 Å². The van der Waals surface area contributed by atoms with Gasteiger partial charge in [0.05, 0.1) is 30.1 Å². The van der Waals surface area contributed by atoms with Crippen molar-refractivity contribution in [2.24, 2.45) is 17.8 Å². The van der Waals surface area contributed by atoms with Crippen molar-refractivity contribution in [2.45, 2.75) is 76.7 Å². The van der Waals surface area contributed by atoms with Gasteiger partial charge in [-0.2, -0.15) is 0 Å². The van der Waals surface area contributed by atoms with Crippen molar-refractivity contribution in [1.82, 2.24) is 9.80 Å². The van der Waals surface area contributed by atoms with Crippen LogP contribution < -0.4 is 4.90 Å². The first-order chi connectivity index (χ1) is 19.2. The highest BCUT2D eigenvalue weighted by molar-refractivity contribution is 6.04. The number of ether oxygens (including phenoxy) is 1. The second kappa shape index (κ2) is 11.1. The van der Waals surface area contributed by atoms with Gasteiger partial charge in [0, 0.05) is 25.3 Å². The number of carbonyl (C=O) groups excluding carboxylic acids is 3. The van der Waals surface area contributed by atoms with E-state index in [1.807, 2.05) is 80.3 Å². The third-order valence-corrected chi connectivity index (χ3v) is 9.03. The number of benzene rings is 1. The summed E-state index contributed by atoms with van der Waals surface area (Å²) >= 11 is 0. The number of hydrogen-bond acceptors (Lipinski definition) is 5. The number of rotatable bonds is 9. The summed E-state index contributed by atoms with van der Waals surface area (Å²) in [4.78, 5) is 48.5. The van der Waals surface area contributed by atoms with Crippen molar-refractivity contribution >= 4 is 23.4 Å². The van der Waals surface area contributed by atoms with Crippen LogP contribution in [0.5, 0.6) is 0 Å². The molecule has 1 unspecified atom stereocenters. The molecule has 8 heteroatoms. The largest absolute Gasteiger partial charge is 0.394 e. The van der Waals surface area contributed by atoms with Gasteiger partial charge in [-0.15, -0.1) is 0 Å². The minimum absolute atomic E-state index is 0.171. The molecule has 3 amide bonds. The molecule has 0 bridgehead atoms. The Bertz CT molecular complexity index is 1180. The predicted molar refractivity (Wildman–Crippen MR) is 153 cm³/mol. The van der Waals surface area contributed by atoms with Crippen LogP contribution in [0.4, 0.5) is 5.69 Å². The van der Waals surface area contributed by atoms with Crippen LogP contribution in [0.25, 0.3) is 0 Å². The standard InChI is InChI=1S/C32H43N3O5/c1-5-6-10-17-33-18-12-16-32-26(29(38)35(27(32)30(33)39)24(21-36)20-22(2)3)25-28(37)34(23-13-8-7-9-14-23)19-11-15-31(25,4)40-32/h7-9,11-16,22,24-27,36H,5-6,10,17-21H2,1-4H3/t24-,25-,26+,27?,31+,32+/m1/s1. The van der Waals surface area contributed by atoms with Crippen LogP contribution in [0, 0.1) is 17.8 Å². The molecule has 4 aliphatic rings. The lowest BCUT2D eigenvalue weighted by Gasteiger charge is -2.40. The number of likely N-dealkylation sites (tertiary alicyclic amines) is 1. The number of aliphatic hydroxyl groups is 1. The zero-order valence-electron chi connectivity index (χ0n) is 24.2. The number of anilines is 1. The van der Waals surface area contributed by atoms with Gasteiger partial charge in [0.25, 0.3) is 0 Å². The maximum atomic E-state index is 14.6. The van der Waals surface area contributed by atoms with E-state index in [1.165, 1.54) is 0 Å². The monoisotopic (exact) mass is 549 g/mol. The number of unbranched alkanes of at least 4 members (excludes halogenated alkanes) is 2. The van der Waals surface area contributed by atoms with E-state index in [4.69, 9.17) is 4.74 Å². The Morgan fingerprint density at radius 2 is 1.70 bits per heavy atom. The summed E-state index contributed by atoms with van der Waals surface area (Å²) in [6.07, 6.45) is 11.1. The SMILES string of the molecule is CCCCCN1CC=C[C@]23O[C@@]4(C)C=CCN(c5ccccc5)C(=O)[C@H]4[C@H]2C(=O)N([C@@H](CO)CC(C)C)C3C1=O. The average Bonchev–Trinajstić information content (AvgIpc) is 3.21. The highest BCUT2D eigenvalue weighted by Gasteiger charge is 2.75. The highest BCUT2D eigenvalue weighted by Crippen LogP contribution is 2.58. The normalized spacial score (nSPS) is 32.3. The lowest BCUT2D eigenvalue weighted by atomic mass is 9.74. The summed E-state index contributed by atoms with van der Waals surface area (Å²) in [5, 5.41) is 10.5. The Morgan fingerprint density at radius 3 is 2.38 bits per heavy atom. The molecular weight excluding hydrogens is 506 g/mol. The molecule has 6 atom stereocenters. The molecule has 216 valence electrons. The Hall–Kier alpha value is -2.97. The zero-order valence-corrected chi connectivity index (χ0v) is 24.2. The van der Waals surface area contributed by atoms with Crippen LogP contribution in [0.1, 0.15) is 53.4 Å². The van der Waals surface area contributed by atoms with Crippen LogP contribution in [-0.2, 0) is 19.1 Å². The Morgan fingerprint density at radius 1 is 0.975 bits per heavy atom. The van der Waals surface area contributed by atoms with Crippen LogP contribution in [-0.4, -0.2) is 82.2 Å².